The van der Waals surface area contributed by atoms with E-state index in [0.29, 0.717) is 6.04 Å². The van der Waals surface area contributed by atoms with Crippen LogP contribution in [0.4, 0.5) is 0 Å². The molecule has 1 unspecified atom stereocenters. The molecule has 0 amide bonds. The predicted molar refractivity (Wildman–Crippen MR) is 61.3 cm³/mol. The van der Waals surface area contributed by atoms with E-state index in [-0.39, 0.29) is 0 Å². The Hall–Kier alpha value is -0.940. The lowest BCUT2D eigenvalue weighted by atomic mass is 10.0. The van der Waals surface area contributed by atoms with Gasteiger partial charge in [0.05, 0.1) is 0 Å². The van der Waals surface area contributed by atoms with Crippen molar-refractivity contribution in [2.45, 2.75) is 38.1 Å². The lowest BCUT2D eigenvalue weighted by molar-refractivity contribution is 0.329. The van der Waals surface area contributed by atoms with Gasteiger partial charge in [0, 0.05) is 25.4 Å². The second-order valence-electron chi connectivity index (χ2n) is 4.31. The van der Waals surface area contributed by atoms with Gasteiger partial charge >= 0.3 is 0 Å². The monoisotopic (exact) mass is 224 g/mol. The molecule has 1 saturated heterocycles. The van der Waals surface area contributed by atoms with Gasteiger partial charge in [-0.1, -0.05) is 11.6 Å². The molecule has 90 valence electrons. The van der Waals surface area contributed by atoms with Crippen LogP contribution >= 0.6 is 0 Å². The zero-order valence-electron chi connectivity index (χ0n) is 9.83. The van der Waals surface area contributed by atoms with Gasteiger partial charge in [0.15, 0.2) is 5.82 Å². The Kier molecular flexibility index (Phi) is 4.30. The van der Waals surface area contributed by atoms with Crippen molar-refractivity contribution >= 4 is 0 Å². The lowest BCUT2D eigenvalue weighted by Gasteiger charge is -2.21. The number of likely N-dealkylation sites (N-methyl/N-ethyl adjacent to an activating group) is 1. The Morgan fingerprint density at radius 1 is 1.50 bits per heavy atom. The van der Waals surface area contributed by atoms with Crippen LogP contribution in [0.15, 0.2) is 4.52 Å². The zero-order valence-corrected chi connectivity index (χ0v) is 9.83. The lowest BCUT2D eigenvalue weighted by Crippen LogP contribution is -2.35. The Bertz CT molecular complexity index is 307. The fraction of sp³-hybridized carbons (Fsp3) is 0.818. The minimum absolute atomic E-state index is 0.520. The van der Waals surface area contributed by atoms with Crippen molar-refractivity contribution in [3.63, 3.8) is 0 Å². The van der Waals surface area contributed by atoms with Crippen molar-refractivity contribution in [2.75, 3.05) is 20.1 Å². The molecule has 1 aromatic rings. The van der Waals surface area contributed by atoms with Crippen molar-refractivity contribution < 1.29 is 4.52 Å². The van der Waals surface area contributed by atoms with E-state index in [1.165, 1.54) is 19.3 Å². The number of hydrogen-bond acceptors (Lipinski definition) is 5. The second kappa shape index (κ2) is 5.96. The van der Waals surface area contributed by atoms with Gasteiger partial charge in [-0.05, 0) is 26.4 Å². The van der Waals surface area contributed by atoms with E-state index in [4.69, 9.17) is 4.52 Å². The van der Waals surface area contributed by atoms with Gasteiger partial charge in [-0.2, -0.15) is 4.98 Å². The molecule has 2 N–H and O–H groups in total. The maximum absolute atomic E-state index is 5.24. The molecule has 0 aliphatic carbocycles. The van der Waals surface area contributed by atoms with Crippen LogP contribution in [0, 0.1) is 0 Å². The summed E-state index contributed by atoms with van der Waals surface area (Å²) in [6.45, 7) is 2.01. The number of nitrogens with one attached hydrogen (secondary N) is 2. The molecule has 5 heteroatoms. The molecule has 0 spiro atoms. The first-order chi connectivity index (χ1) is 7.88. The summed E-state index contributed by atoms with van der Waals surface area (Å²) >= 11 is 0. The quantitative estimate of drug-likeness (QED) is 0.763. The normalized spacial score (nSPS) is 21.2. The molecule has 0 bridgehead atoms. The molecule has 2 heterocycles. The van der Waals surface area contributed by atoms with Crippen LogP contribution in [0.25, 0.3) is 0 Å². The molecule has 1 atom stereocenters. The Balaban J connectivity index is 1.81. The molecule has 0 radical (unpaired) electrons. The minimum atomic E-state index is 0.520. The topological polar surface area (TPSA) is 63.0 Å². The summed E-state index contributed by atoms with van der Waals surface area (Å²) < 4.78 is 5.24. The number of piperidine rings is 1. The highest BCUT2D eigenvalue weighted by atomic mass is 16.5. The maximum Gasteiger partial charge on any atom is 0.228 e. The summed E-state index contributed by atoms with van der Waals surface area (Å²) in [5.74, 6) is 1.57. The molecule has 0 aromatic carbocycles. The second-order valence-corrected chi connectivity index (χ2v) is 4.31. The third-order valence-electron chi connectivity index (χ3n) is 2.94. The molecule has 2 rings (SSSR count). The van der Waals surface area contributed by atoms with Crippen molar-refractivity contribution in [1.29, 1.82) is 0 Å². The first-order valence-corrected chi connectivity index (χ1v) is 6.08. The van der Waals surface area contributed by atoms with Gasteiger partial charge in [0.2, 0.25) is 5.89 Å². The van der Waals surface area contributed by atoms with E-state index in [1.807, 2.05) is 7.05 Å². The van der Waals surface area contributed by atoms with Crippen molar-refractivity contribution in [3.05, 3.63) is 11.7 Å². The fourth-order valence-corrected chi connectivity index (χ4v) is 2.02. The SMILES string of the molecule is CNCCc1noc(CC2CCCCN2)n1. The third kappa shape index (κ3) is 3.28. The van der Waals surface area contributed by atoms with Crippen LogP contribution in [-0.2, 0) is 12.8 Å². The van der Waals surface area contributed by atoms with E-state index in [2.05, 4.69) is 20.8 Å². The van der Waals surface area contributed by atoms with Crippen molar-refractivity contribution in [2.24, 2.45) is 0 Å². The summed E-state index contributed by atoms with van der Waals surface area (Å²) in [4.78, 5) is 4.38. The van der Waals surface area contributed by atoms with E-state index in [9.17, 15) is 0 Å². The molecule has 1 aliphatic heterocycles. The van der Waals surface area contributed by atoms with Crippen molar-refractivity contribution in [3.8, 4) is 0 Å². The summed E-state index contributed by atoms with van der Waals surface area (Å²) in [5.41, 5.74) is 0. The van der Waals surface area contributed by atoms with E-state index in [1.54, 1.807) is 0 Å². The summed E-state index contributed by atoms with van der Waals surface area (Å²) in [6, 6.07) is 0.520. The number of nitrogens with zero attached hydrogens (tertiary/aromatic N) is 2. The smallest absolute Gasteiger partial charge is 0.228 e. The van der Waals surface area contributed by atoms with Crippen LogP contribution in [0.5, 0.6) is 0 Å². The molecule has 0 saturated carbocycles. The van der Waals surface area contributed by atoms with Crippen LogP contribution in [0.1, 0.15) is 31.0 Å². The Labute approximate surface area is 96.0 Å². The van der Waals surface area contributed by atoms with Crippen LogP contribution < -0.4 is 10.6 Å². The highest BCUT2D eigenvalue weighted by Gasteiger charge is 2.16. The molecule has 1 aliphatic rings. The average Bonchev–Trinajstić information content (AvgIpc) is 2.75. The highest BCUT2D eigenvalue weighted by Crippen LogP contribution is 2.11. The number of hydrogen-bond donors (Lipinski definition) is 2. The fourth-order valence-electron chi connectivity index (χ4n) is 2.02. The summed E-state index contributed by atoms with van der Waals surface area (Å²) in [7, 11) is 1.92. The Morgan fingerprint density at radius 2 is 2.44 bits per heavy atom. The highest BCUT2D eigenvalue weighted by molar-refractivity contribution is 4.91. The minimum Gasteiger partial charge on any atom is -0.339 e. The third-order valence-corrected chi connectivity index (χ3v) is 2.94. The van der Waals surface area contributed by atoms with Gasteiger partial charge in [0.1, 0.15) is 0 Å². The maximum atomic E-state index is 5.24. The molecule has 1 aromatic heterocycles. The largest absolute Gasteiger partial charge is 0.339 e. The summed E-state index contributed by atoms with van der Waals surface area (Å²) in [6.07, 6.45) is 5.51. The van der Waals surface area contributed by atoms with E-state index in [0.717, 1.165) is 37.6 Å². The van der Waals surface area contributed by atoms with Crippen molar-refractivity contribution in [1.82, 2.24) is 20.8 Å². The molecular weight excluding hydrogens is 204 g/mol. The Morgan fingerprint density at radius 3 is 3.19 bits per heavy atom. The van der Waals surface area contributed by atoms with Crippen LogP contribution in [0.3, 0.4) is 0 Å². The standard InChI is InChI=1S/C11H20N4O/c1-12-7-5-10-14-11(16-15-10)8-9-4-2-3-6-13-9/h9,12-13H,2-8H2,1H3. The molecule has 16 heavy (non-hydrogen) atoms. The zero-order chi connectivity index (χ0) is 11.2. The number of rotatable bonds is 5. The molecular formula is C11H20N4O. The first kappa shape index (κ1) is 11.5. The van der Waals surface area contributed by atoms with Gasteiger partial charge in [-0.25, -0.2) is 0 Å². The first-order valence-electron chi connectivity index (χ1n) is 6.08. The van der Waals surface area contributed by atoms with Crippen LogP contribution in [-0.4, -0.2) is 36.3 Å². The molecule has 5 nitrogen and oxygen atoms in total. The van der Waals surface area contributed by atoms with E-state index >= 15 is 0 Å². The van der Waals surface area contributed by atoms with Gasteiger partial charge in [0.25, 0.3) is 0 Å². The predicted octanol–water partition coefficient (Wildman–Crippen LogP) is 0.516. The van der Waals surface area contributed by atoms with Gasteiger partial charge in [-0.3, -0.25) is 0 Å². The summed E-state index contributed by atoms with van der Waals surface area (Å²) in [5, 5.41) is 10.5. The number of aromatic nitrogens is 2. The molecule has 1 fully saturated rings. The average molecular weight is 224 g/mol. The van der Waals surface area contributed by atoms with Gasteiger partial charge in [-0.15, -0.1) is 0 Å². The van der Waals surface area contributed by atoms with E-state index < -0.39 is 0 Å². The van der Waals surface area contributed by atoms with Gasteiger partial charge < -0.3 is 15.2 Å². The van der Waals surface area contributed by atoms with Crippen LogP contribution in [0.2, 0.25) is 0 Å².